The van der Waals surface area contributed by atoms with Gasteiger partial charge in [-0.2, -0.15) is 0 Å². The number of fused-ring (bicyclic) bond motifs is 1. The maximum atomic E-state index is 13.0. The van der Waals surface area contributed by atoms with Gasteiger partial charge in [-0.15, -0.1) is 0 Å². The summed E-state index contributed by atoms with van der Waals surface area (Å²) in [4.78, 5) is 37.2. The van der Waals surface area contributed by atoms with Crippen molar-refractivity contribution in [2.45, 2.75) is 45.2 Å². The second kappa shape index (κ2) is 9.71. The van der Waals surface area contributed by atoms with Crippen LogP contribution in [0.25, 0.3) is 0 Å². The predicted molar refractivity (Wildman–Crippen MR) is 141 cm³/mol. The molecule has 0 saturated carbocycles. The number of anilines is 4. The Morgan fingerprint density at radius 3 is 2.53 bits per heavy atom. The number of aromatic nitrogens is 1. The molecule has 2 N–H and O–H groups in total. The largest absolute Gasteiger partial charge is 0.381 e. The SMILES string of the molecule is Cc1cc(C(=O)N2CCN(C)CC2)ccc1Nc1ccc2c(n1)N(C1CCOCC1)C(C)(C)C(=O)N2. The molecule has 0 radical (unpaired) electrons. The fourth-order valence-electron chi connectivity index (χ4n) is 5.29. The number of likely N-dealkylation sites (N-methyl/N-ethyl adjacent to an activating group) is 1. The van der Waals surface area contributed by atoms with Crippen LogP contribution in [0.4, 0.5) is 23.0 Å². The van der Waals surface area contributed by atoms with E-state index < -0.39 is 5.54 Å². The fraction of sp³-hybridized carbons (Fsp3) is 0.519. The zero-order valence-electron chi connectivity index (χ0n) is 21.6. The third-order valence-corrected chi connectivity index (χ3v) is 7.59. The van der Waals surface area contributed by atoms with Gasteiger partial charge in [0.2, 0.25) is 5.91 Å². The summed E-state index contributed by atoms with van der Waals surface area (Å²) < 4.78 is 5.57. The molecular formula is C27H36N6O3. The average molecular weight is 493 g/mol. The molecule has 2 aromatic rings. The molecule has 5 rings (SSSR count). The fourth-order valence-corrected chi connectivity index (χ4v) is 5.29. The molecule has 0 unspecified atom stereocenters. The Morgan fingerprint density at radius 2 is 1.83 bits per heavy atom. The Bertz CT molecular complexity index is 1150. The first-order valence-electron chi connectivity index (χ1n) is 12.8. The number of pyridine rings is 1. The van der Waals surface area contributed by atoms with E-state index in [1.807, 2.05) is 56.0 Å². The van der Waals surface area contributed by atoms with Crippen LogP contribution in [0.2, 0.25) is 0 Å². The first-order valence-corrected chi connectivity index (χ1v) is 12.8. The van der Waals surface area contributed by atoms with Crippen LogP contribution in [-0.4, -0.2) is 84.6 Å². The number of piperazine rings is 1. The summed E-state index contributed by atoms with van der Waals surface area (Å²) in [7, 11) is 2.08. The highest BCUT2D eigenvalue weighted by atomic mass is 16.5. The van der Waals surface area contributed by atoms with Crippen molar-refractivity contribution in [2.24, 2.45) is 0 Å². The molecule has 1 aromatic carbocycles. The Morgan fingerprint density at radius 1 is 1.11 bits per heavy atom. The molecule has 0 bridgehead atoms. The van der Waals surface area contributed by atoms with E-state index >= 15 is 0 Å². The second-order valence-corrected chi connectivity index (χ2v) is 10.5. The summed E-state index contributed by atoms with van der Waals surface area (Å²) in [6, 6.07) is 9.74. The number of nitrogens with one attached hydrogen (secondary N) is 2. The lowest BCUT2D eigenvalue weighted by atomic mass is 9.93. The minimum absolute atomic E-state index is 0.0274. The van der Waals surface area contributed by atoms with Gasteiger partial charge in [0, 0.05) is 56.7 Å². The van der Waals surface area contributed by atoms with Gasteiger partial charge in [-0.3, -0.25) is 9.59 Å². The second-order valence-electron chi connectivity index (χ2n) is 10.5. The molecule has 1 aromatic heterocycles. The number of hydrogen-bond acceptors (Lipinski definition) is 7. The summed E-state index contributed by atoms with van der Waals surface area (Å²) in [6.45, 7) is 10.6. The van der Waals surface area contributed by atoms with Crippen molar-refractivity contribution >= 4 is 34.8 Å². The zero-order chi connectivity index (χ0) is 25.4. The van der Waals surface area contributed by atoms with E-state index in [9.17, 15) is 9.59 Å². The number of rotatable bonds is 4. The summed E-state index contributed by atoms with van der Waals surface area (Å²) in [5.41, 5.74) is 2.58. The van der Waals surface area contributed by atoms with Crippen LogP contribution < -0.4 is 15.5 Å². The highest BCUT2D eigenvalue weighted by Gasteiger charge is 2.44. The lowest BCUT2D eigenvalue weighted by Crippen LogP contribution is -2.61. The number of carbonyl (C=O) groups excluding carboxylic acids is 2. The molecule has 2 amide bonds. The highest BCUT2D eigenvalue weighted by Crippen LogP contribution is 2.40. The quantitative estimate of drug-likeness (QED) is 0.677. The van der Waals surface area contributed by atoms with Crippen molar-refractivity contribution < 1.29 is 14.3 Å². The number of benzene rings is 1. The normalized spacial score (nSPS) is 20.6. The van der Waals surface area contributed by atoms with E-state index in [-0.39, 0.29) is 17.9 Å². The first-order chi connectivity index (χ1) is 17.2. The minimum Gasteiger partial charge on any atom is -0.381 e. The number of amides is 2. The number of aryl methyl sites for hydroxylation is 1. The van der Waals surface area contributed by atoms with Gasteiger partial charge in [-0.25, -0.2) is 4.98 Å². The van der Waals surface area contributed by atoms with Gasteiger partial charge in [0.15, 0.2) is 5.82 Å². The van der Waals surface area contributed by atoms with Crippen LogP contribution in [0.3, 0.4) is 0 Å². The zero-order valence-corrected chi connectivity index (χ0v) is 21.6. The van der Waals surface area contributed by atoms with Crippen LogP contribution in [0.1, 0.15) is 42.6 Å². The molecule has 0 aliphatic carbocycles. The molecule has 3 aliphatic rings. The summed E-state index contributed by atoms with van der Waals surface area (Å²) in [5.74, 6) is 1.52. The molecule has 2 saturated heterocycles. The Balaban J connectivity index is 1.38. The van der Waals surface area contributed by atoms with E-state index in [0.29, 0.717) is 24.6 Å². The minimum atomic E-state index is -0.720. The molecular weight excluding hydrogens is 456 g/mol. The summed E-state index contributed by atoms with van der Waals surface area (Å²) in [5, 5.41) is 6.46. The van der Waals surface area contributed by atoms with Crippen molar-refractivity contribution in [2.75, 3.05) is 62.0 Å². The lowest BCUT2D eigenvalue weighted by molar-refractivity contribution is -0.120. The van der Waals surface area contributed by atoms with Gasteiger partial charge >= 0.3 is 0 Å². The van der Waals surface area contributed by atoms with Crippen molar-refractivity contribution in [3.8, 4) is 0 Å². The van der Waals surface area contributed by atoms with E-state index in [1.54, 1.807) is 0 Å². The molecule has 192 valence electrons. The lowest BCUT2D eigenvalue weighted by Gasteiger charge is -2.48. The molecule has 3 aliphatic heterocycles. The van der Waals surface area contributed by atoms with E-state index in [2.05, 4.69) is 27.5 Å². The van der Waals surface area contributed by atoms with Crippen molar-refractivity contribution in [3.63, 3.8) is 0 Å². The van der Waals surface area contributed by atoms with Crippen LogP contribution in [0.15, 0.2) is 30.3 Å². The Kier molecular flexibility index (Phi) is 6.61. The predicted octanol–water partition coefficient (Wildman–Crippen LogP) is 3.24. The van der Waals surface area contributed by atoms with E-state index in [1.165, 1.54) is 0 Å². The molecule has 0 atom stereocenters. The number of nitrogens with zero attached hydrogens (tertiary/aromatic N) is 4. The van der Waals surface area contributed by atoms with E-state index in [4.69, 9.17) is 9.72 Å². The van der Waals surface area contributed by atoms with Gasteiger partial charge in [0.05, 0.1) is 5.69 Å². The molecule has 36 heavy (non-hydrogen) atoms. The number of hydrogen-bond donors (Lipinski definition) is 2. The number of carbonyl (C=O) groups is 2. The number of ether oxygens (including phenoxy) is 1. The topological polar surface area (TPSA) is 90.0 Å². The summed E-state index contributed by atoms with van der Waals surface area (Å²) in [6.07, 6.45) is 1.72. The Labute approximate surface area is 212 Å². The molecule has 2 fully saturated rings. The maximum absolute atomic E-state index is 13.0. The third kappa shape index (κ3) is 4.65. The summed E-state index contributed by atoms with van der Waals surface area (Å²) >= 11 is 0. The van der Waals surface area contributed by atoms with Crippen molar-refractivity contribution in [1.29, 1.82) is 0 Å². The molecule has 4 heterocycles. The van der Waals surface area contributed by atoms with Crippen LogP contribution >= 0.6 is 0 Å². The van der Waals surface area contributed by atoms with Gasteiger partial charge in [0.25, 0.3) is 5.91 Å². The smallest absolute Gasteiger partial charge is 0.253 e. The van der Waals surface area contributed by atoms with Gasteiger partial charge < -0.3 is 30.1 Å². The monoisotopic (exact) mass is 492 g/mol. The Hall–Kier alpha value is -3.17. The van der Waals surface area contributed by atoms with Crippen molar-refractivity contribution in [3.05, 3.63) is 41.5 Å². The van der Waals surface area contributed by atoms with E-state index in [0.717, 1.165) is 61.8 Å². The van der Waals surface area contributed by atoms with Crippen molar-refractivity contribution in [1.82, 2.24) is 14.8 Å². The standard InChI is InChI=1S/C27H36N6O3/c1-18-17-19(25(34)32-13-11-31(4)12-14-32)5-6-21(18)28-23-8-7-22-24(30-23)33(20-9-15-36-16-10-20)27(2,3)26(35)29-22/h5-8,17,20H,9-16H2,1-4H3,(H,28,30)(H,29,35). The van der Waals surface area contributed by atoms with Gasteiger partial charge in [-0.05, 0) is 76.6 Å². The molecule has 9 heteroatoms. The third-order valence-electron chi connectivity index (χ3n) is 7.59. The van der Waals surface area contributed by atoms with Crippen LogP contribution in [0.5, 0.6) is 0 Å². The molecule has 9 nitrogen and oxygen atoms in total. The van der Waals surface area contributed by atoms with Crippen LogP contribution in [0, 0.1) is 6.92 Å². The van der Waals surface area contributed by atoms with Gasteiger partial charge in [-0.1, -0.05) is 0 Å². The average Bonchev–Trinajstić information content (AvgIpc) is 2.87. The van der Waals surface area contributed by atoms with Gasteiger partial charge in [0.1, 0.15) is 11.4 Å². The van der Waals surface area contributed by atoms with Crippen LogP contribution in [-0.2, 0) is 9.53 Å². The highest BCUT2D eigenvalue weighted by molar-refractivity contribution is 6.05. The first kappa shape index (κ1) is 24.5. The molecule has 0 spiro atoms. The maximum Gasteiger partial charge on any atom is 0.253 e.